The van der Waals surface area contributed by atoms with Gasteiger partial charge in [0.1, 0.15) is 15.8 Å². The molecule has 0 radical (unpaired) electrons. The molecule has 20 heavy (non-hydrogen) atoms. The van der Waals surface area contributed by atoms with Crippen LogP contribution in [0.2, 0.25) is 30.1 Å². The Labute approximate surface area is 145 Å². The first-order valence-electron chi connectivity index (χ1n) is 4.91. The summed E-state index contributed by atoms with van der Waals surface area (Å²) in [4.78, 5) is 0. The molecule has 0 bridgehead atoms. The molecule has 0 atom stereocenters. The van der Waals surface area contributed by atoms with Gasteiger partial charge in [-0.3, -0.25) is 0 Å². The van der Waals surface area contributed by atoms with Gasteiger partial charge in [0.15, 0.2) is 5.75 Å². The zero-order valence-electron chi connectivity index (χ0n) is 9.47. The second-order valence-electron chi connectivity index (χ2n) is 3.37. The Morgan fingerprint density at radius 3 is 1.35 bits per heavy atom. The van der Waals surface area contributed by atoms with E-state index in [1.807, 2.05) is 0 Å². The number of benzene rings is 2. The molecular formula is C12H6Cl6O2. The van der Waals surface area contributed by atoms with Gasteiger partial charge >= 0.3 is 0 Å². The SMILES string of the molecule is Oc1c(Cl)c(Cl)c(Cl)c(Cl)c1Cl.Oc1ccccc1Cl. The molecule has 0 fully saturated rings. The zero-order chi connectivity index (χ0) is 15.4. The molecule has 0 saturated carbocycles. The van der Waals surface area contributed by atoms with Crippen LogP contribution in [-0.2, 0) is 0 Å². The summed E-state index contributed by atoms with van der Waals surface area (Å²) in [5.41, 5.74) is 0. The lowest BCUT2D eigenvalue weighted by Gasteiger charge is -2.06. The van der Waals surface area contributed by atoms with E-state index in [9.17, 15) is 5.11 Å². The first kappa shape index (κ1) is 17.8. The van der Waals surface area contributed by atoms with Crippen LogP contribution in [0.25, 0.3) is 0 Å². The summed E-state index contributed by atoms with van der Waals surface area (Å²) in [7, 11) is 0. The van der Waals surface area contributed by atoms with Crippen molar-refractivity contribution in [2.75, 3.05) is 0 Å². The van der Waals surface area contributed by atoms with E-state index in [0.29, 0.717) is 5.02 Å². The zero-order valence-corrected chi connectivity index (χ0v) is 14.0. The van der Waals surface area contributed by atoms with E-state index in [1.165, 1.54) is 0 Å². The predicted octanol–water partition coefficient (Wildman–Crippen LogP) is 6.70. The van der Waals surface area contributed by atoms with Crippen molar-refractivity contribution in [2.45, 2.75) is 0 Å². The maximum Gasteiger partial charge on any atom is 0.155 e. The largest absolute Gasteiger partial charge is 0.506 e. The molecule has 2 aromatic carbocycles. The number of halogens is 6. The molecule has 0 amide bonds. The van der Waals surface area contributed by atoms with E-state index >= 15 is 0 Å². The summed E-state index contributed by atoms with van der Waals surface area (Å²) in [5.74, 6) is -0.230. The lowest BCUT2D eigenvalue weighted by atomic mass is 10.3. The molecule has 8 heteroatoms. The molecule has 0 unspecified atom stereocenters. The summed E-state index contributed by atoms with van der Waals surface area (Å²) < 4.78 is 0. The van der Waals surface area contributed by atoms with Gasteiger partial charge in [0, 0.05) is 0 Å². The quantitative estimate of drug-likeness (QED) is 0.385. The number of aromatic hydroxyl groups is 2. The van der Waals surface area contributed by atoms with Gasteiger partial charge in [0.05, 0.1) is 20.1 Å². The number of phenolic OH excluding ortho intramolecular Hbond substituents is 2. The van der Waals surface area contributed by atoms with E-state index in [0.717, 1.165) is 0 Å². The highest BCUT2D eigenvalue weighted by Gasteiger charge is 2.18. The highest BCUT2D eigenvalue weighted by Crippen LogP contribution is 2.47. The Morgan fingerprint density at radius 1 is 0.600 bits per heavy atom. The number of phenols is 2. The van der Waals surface area contributed by atoms with Crippen molar-refractivity contribution in [3.8, 4) is 11.5 Å². The molecule has 0 aromatic heterocycles. The van der Waals surface area contributed by atoms with Crippen molar-refractivity contribution in [1.29, 1.82) is 0 Å². The van der Waals surface area contributed by atoms with Crippen LogP contribution in [0.3, 0.4) is 0 Å². The number of hydrogen-bond donors (Lipinski definition) is 2. The predicted molar refractivity (Wildman–Crippen MR) is 86.3 cm³/mol. The Bertz CT molecular complexity index is 504. The molecular weight excluding hydrogens is 389 g/mol. The summed E-state index contributed by atoms with van der Waals surface area (Å²) in [6.07, 6.45) is 0. The lowest BCUT2D eigenvalue weighted by molar-refractivity contribution is 0.475. The van der Waals surface area contributed by atoms with E-state index in [1.54, 1.807) is 24.3 Å². The van der Waals surface area contributed by atoms with Crippen molar-refractivity contribution in [3.05, 3.63) is 54.4 Å². The third-order valence-electron chi connectivity index (χ3n) is 2.04. The molecule has 2 rings (SSSR count). The van der Waals surface area contributed by atoms with Crippen LogP contribution in [0.15, 0.2) is 24.3 Å². The van der Waals surface area contributed by atoms with Crippen molar-refractivity contribution < 1.29 is 10.2 Å². The molecule has 0 aliphatic rings. The van der Waals surface area contributed by atoms with Crippen molar-refractivity contribution in [2.24, 2.45) is 0 Å². The summed E-state index contributed by atoms with van der Waals surface area (Å²) >= 11 is 33.4. The van der Waals surface area contributed by atoms with Gasteiger partial charge in [0.2, 0.25) is 0 Å². The van der Waals surface area contributed by atoms with Crippen molar-refractivity contribution in [3.63, 3.8) is 0 Å². The van der Waals surface area contributed by atoms with E-state index in [4.69, 9.17) is 74.7 Å². The molecule has 0 spiro atoms. The minimum atomic E-state index is -0.363. The molecule has 0 aliphatic carbocycles. The average Bonchev–Trinajstić information content (AvgIpc) is 2.45. The van der Waals surface area contributed by atoms with Gasteiger partial charge in [-0.2, -0.15) is 0 Å². The van der Waals surface area contributed by atoms with Crippen molar-refractivity contribution >= 4 is 69.6 Å². The molecule has 108 valence electrons. The standard InChI is InChI=1S/C6HCl5O.C6H5ClO/c7-1-2(8)4(10)6(12)5(11)3(1)9;7-5-3-1-2-4-6(5)8/h12H;1-4,8H. The highest BCUT2D eigenvalue weighted by atomic mass is 35.5. The second kappa shape index (κ2) is 7.69. The maximum absolute atomic E-state index is 9.20. The van der Waals surface area contributed by atoms with Crippen LogP contribution in [-0.4, -0.2) is 10.2 Å². The van der Waals surface area contributed by atoms with Gasteiger partial charge in [-0.15, -0.1) is 0 Å². The Hall–Kier alpha value is -0.220. The Morgan fingerprint density at radius 2 is 1.00 bits per heavy atom. The summed E-state index contributed by atoms with van der Waals surface area (Å²) in [5, 5.41) is 18.2. The van der Waals surface area contributed by atoms with E-state index in [-0.39, 0.29) is 36.6 Å². The van der Waals surface area contributed by atoms with Crippen LogP contribution in [0.5, 0.6) is 11.5 Å². The average molecular weight is 395 g/mol. The normalized spacial score (nSPS) is 9.90. The molecule has 0 aliphatic heterocycles. The topological polar surface area (TPSA) is 40.5 Å². The molecule has 2 N–H and O–H groups in total. The molecule has 2 nitrogen and oxygen atoms in total. The number of rotatable bonds is 0. The third kappa shape index (κ3) is 4.14. The summed E-state index contributed by atoms with van der Waals surface area (Å²) in [6, 6.07) is 6.67. The van der Waals surface area contributed by atoms with E-state index in [2.05, 4.69) is 0 Å². The Kier molecular flexibility index (Phi) is 6.86. The smallest absolute Gasteiger partial charge is 0.155 e. The molecule has 0 saturated heterocycles. The number of hydrogen-bond acceptors (Lipinski definition) is 2. The first-order valence-corrected chi connectivity index (χ1v) is 7.18. The molecule has 2 aromatic rings. The van der Waals surface area contributed by atoms with Crippen LogP contribution < -0.4 is 0 Å². The minimum Gasteiger partial charge on any atom is -0.506 e. The number of para-hydroxylation sites is 1. The Balaban J connectivity index is 0.000000217. The van der Waals surface area contributed by atoms with Crippen LogP contribution in [0.4, 0.5) is 0 Å². The first-order chi connectivity index (χ1) is 9.27. The maximum atomic E-state index is 9.20. The van der Waals surface area contributed by atoms with Crippen molar-refractivity contribution in [1.82, 2.24) is 0 Å². The third-order valence-corrected chi connectivity index (χ3v) is 4.62. The fourth-order valence-corrected chi connectivity index (χ4v) is 2.31. The van der Waals surface area contributed by atoms with Gasteiger partial charge in [-0.25, -0.2) is 0 Å². The molecule has 0 heterocycles. The fourth-order valence-electron chi connectivity index (χ4n) is 1.05. The van der Waals surface area contributed by atoms with Crippen LogP contribution in [0, 0.1) is 0 Å². The van der Waals surface area contributed by atoms with E-state index < -0.39 is 0 Å². The fraction of sp³-hybridized carbons (Fsp3) is 0. The van der Waals surface area contributed by atoms with Crippen LogP contribution >= 0.6 is 69.6 Å². The summed E-state index contributed by atoms with van der Waals surface area (Å²) in [6.45, 7) is 0. The minimum absolute atomic E-state index is 0.00904. The highest BCUT2D eigenvalue weighted by molar-refractivity contribution is 6.55. The van der Waals surface area contributed by atoms with Gasteiger partial charge < -0.3 is 10.2 Å². The van der Waals surface area contributed by atoms with Crippen LogP contribution in [0.1, 0.15) is 0 Å². The van der Waals surface area contributed by atoms with Gasteiger partial charge in [-0.05, 0) is 12.1 Å². The van der Waals surface area contributed by atoms with Gasteiger partial charge in [0.25, 0.3) is 0 Å². The monoisotopic (exact) mass is 392 g/mol. The lowest BCUT2D eigenvalue weighted by Crippen LogP contribution is -1.78. The van der Waals surface area contributed by atoms with Gasteiger partial charge in [-0.1, -0.05) is 81.7 Å². The second-order valence-corrected chi connectivity index (χ2v) is 5.67.